The molecule has 2 rings (SSSR count). The number of hydrogen-bond donors (Lipinski definition) is 2. The summed E-state index contributed by atoms with van der Waals surface area (Å²) in [6.07, 6.45) is 3.36. The maximum atomic E-state index is 5.93. The van der Waals surface area contributed by atoms with Gasteiger partial charge in [0.15, 0.2) is 0 Å². The molecule has 0 aliphatic carbocycles. The van der Waals surface area contributed by atoms with Crippen LogP contribution in [-0.2, 0) is 0 Å². The fourth-order valence-electron chi connectivity index (χ4n) is 1.90. The maximum Gasteiger partial charge on any atom is 0.0794 e. The standard InChI is InChI=1S/C14H17BrN4/c1-9-4-5-10(6-13(9)19(2)3)18-14-11(15)7-17-8-12(14)16/h4-8H,16H2,1-3H3,(H,17,18). The molecule has 100 valence electrons. The monoisotopic (exact) mass is 320 g/mol. The Morgan fingerprint density at radius 1 is 1.26 bits per heavy atom. The molecule has 1 heterocycles. The number of benzene rings is 1. The first-order valence-corrected chi connectivity index (χ1v) is 6.72. The van der Waals surface area contributed by atoms with Crippen LogP contribution in [0.25, 0.3) is 0 Å². The summed E-state index contributed by atoms with van der Waals surface area (Å²) in [5.41, 5.74) is 10.8. The average molecular weight is 321 g/mol. The highest BCUT2D eigenvalue weighted by molar-refractivity contribution is 9.10. The number of rotatable bonds is 3. The second kappa shape index (κ2) is 5.48. The Morgan fingerprint density at radius 2 is 2.00 bits per heavy atom. The Kier molecular flexibility index (Phi) is 3.95. The second-order valence-electron chi connectivity index (χ2n) is 4.61. The van der Waals surface area contributed by atoms with Crippen molar-refractivity contribution in [3.8, 4) is 0 Å². The van der Waals surface area contributed by atoms with Gasteiger partial charge in [-0.05, 0) is 40.5 Å². The van der Waals surface area contributed by atoms with E-state index in [9.17, 15) is 0 Å². The van der Waals surface area contributed by atoms with Gasteiger partial charge in [-0.2, -0.15) is 0 Å². The summed E-state index contributed by atoms with van der Waals surface area (Å²) in [6.45, 7) is 2.09. The third-order valence-corrected chi connectivity index (χ3v) is 3.49. The minimum Gasteiger partial charge on any atom is -0.396 e. The Balaban J connectivity index is 2.36. The van der Waals surface area contributed by atoms with Crippen LogP contribution in [0.4, 0.5) is 22.7 Å². The Labute approximate surface area is 121 Å². The zero-order valence-corrected chi connectivity index (χ0v) is 12.8. The van der Waals surface area contributed by atoms with Crippen molar-refractivity contribution < 1.29 is 0 Å². The zero-order chi connectivity index (χ0) is 14.0. The van der Waals surface area contributed by atoms with Gasteiger partial charge >= 0.3 is 0 Å². The van der Waals surface area contributed by atoms with Crippen LogP contribution in [0.15, 0.2) is 35.1 Å². The van der Waals surface area contributed by atoms with Crippen LogP contribution in [0.1, 0.15) is 5.56 Å². The van der Waals surface area contributed by atoms with Gasteiger partial charge in [-0.25, -0.2) is 0 Å². The summed E-state index contributed by atoms with van der Waals surface area (Å²) in [5.74, 6) is 0. The normalized spacial score (nSPS) is 10.3. The lowest BCUT2D eigenvalue weighted by Gasteiger charge is -2.18. The van der Waals surface area contributed by atoms with Crippen LogP contribution in [0.3, 0.4) is 0 Å². The lowest BCUT2D eigenvalue weighted by molar-refractivity contribution is 1.11. The molecule has 3 N–H and O–H groups in total. The van der Waals surface area contributed by atoms with Gasteiger partial charge in [0.1, 0.15) is 0 Å². The summed E-state index contributed by atoms with van der Waals surface area (Å²) >= 11 is 3.45. The van der Waals surface area contributed by atoms with Gasteiger partial charge in [0.25, 0.3) is 0 Å². The van der Waals surface area contributed by atoms with Crippen LogP contribution >= 0.6 is 15.9 Å². The summed E-state index contributed by atoms with van der Waals surface area (Å²) in [7, 11) is 4.06. The Morgan fingerprint density at radius 3 is 2.63 bits per heavy atom. The smallest absolute Gasteiger partial charge is 0.0794 e. The lowest BCUT2D eigenvalue weighted by Crippen LogP contribution is -2.10. The van der Waals surface area contributed by atoms with Gasteiger partial charge in [0.2, 0.25) is 0 Å². The van der Waals surface area contributed by atoms with E-state index in [0.29, 0.717) is 5.69 Å². The molecule has 4 nitrogen and oxygen atoms in total. The summed E-state index contributed by atoms with van der Waals surface area (Å²) in [5, 5.41) is 3.32. The molecule has 1 aromatic carbocycles. The molecule has 0 amide bonds. The number of aromatic nitrogens is 1. The van der Waals surface area contributed by atoms with E-state index in [4.69, 9.17) is 5.73 Å². The molecule has 0 bridgehead atoms. The first kappa shape index (κ1) is 13.7. The number of halogens is 1. The van der Waals surface area contributed by atoms with Gasteiger partial charge in [0.05, 0.1) is 22.0 Å². The van der Waals surface area contributed by atoms with Gasteiger partial charge < -0.3 is 16.0 Å². The highest BCUT2D eigenvalue weighted by atomic mass is 79.9. The predicted molar refractivity (Wildman–Crippen MR) is 85.1 cm³/mol. The maximum absolute atomic E-state index is 5.93. The van der Waals surface area contributed by atoms with Crippen molar-refractivity contribution in [2.75, 3.05) is 30.0 Å². The molecule has 0 radical (unpaired) electrons. The number of nitrogen functional groups attached to an aromatic ring is 1. The molecule has 0 aliphatic rings. The van der Waals surface area contributed by atoms with Gasteiger partial charge in [-0.15, -0.1) is 0 Å². The minimum atomic E-state index is 0.612. The molecule has 2 aromatic rings. The van der Waals surface area contributed by atoms with Crippen LogP contribution in [0, 0.1) is 6.92 Å². The molecule has 19 heavy (non-hydrogen) atoms. The number of aryl methyl sites for hydroxylation is 1. The van der Waals surface area contributed by atoms with E-state index in [1.165, 1.54) is 11.3 Å². The van der Waals surface area contributed by atoms with E-state index < -0.39 is 0 Å². The molecule has 0 atom stereocenters. The molecule has 0 aliphatic heterocycles. The SMILES string of the molecule is Cc1ccc(Nc2c(N)cncc2Br)cc1N(C)C. The van der Waals surface area contributed by atoms with Crippen molar-refractivity contribution in [1.82, 2.24) is 4.98 Å². The number of anilines is 4. The van der Waals surface area contributed by atoms with E-state index >= 15 is 0 Å². The predicted octanol–water partition coefficient (Wildman–Crippen LogP) is 3.54. The topological polar surface area (TPSA) is 54.2 Å². The van der Waals surface area contributed by atoms with Crippen LogP contribution in [-0.4, -0.2) is 19.1 Å². The Bertz CT molecular complexity index is 576. The average Bonchev–Trinajstić information content (AvgIpc) is 2.35. The van der Waals surface area contributed by atoms with Crippen molar-refractivity contribution in [3.63, 3.8) is 0 Å². The molecule has 0 saturated heterocycles. The fourth-order valence-corrected chi connectivity index (χ4v) is 2.34. The van der Waals surface area contributed by atoms with E-state index in [0.717, 1.165) is 15.8 Å². The third kappa shape index (κ3) is 2.98. The first-order chi connectivity index (χ1) is 8.99. The summed E-state index contributed by atoms with van der Waals surface area (Å²) in [4.78, 5) is 6.11. The first-order valence-electron chi connectivity index (χ1n) is 5.93. The van der Waals surface area contributed by atoms with Crippen molar-refractivity contribution >= 4 is 38.7 Å². The number of nitrogens with one attached hydrogen (secondary N) is 1. The lowest BCUT2D eigenvalue weighted by atomic mass is 10.1. The van der Waals surface area contributed by atoms with Gasteiger partial charge in [0, 0.05) is 31.7 Å². The van der Waals surface area contributed by atoms with E-state index in [1.54, 1.807) is 12.4 Å². The van der Waals surface area contributed by atoms with E-state index in [1.807, 2.05) is 20.2 Å². The minimum absolute atomic E-state index is 0.612. The quantitative estimate of drug-likeness (QED) is 0.908. The van der Waals surface area contributed by atoms with E-state index in [2.05, 4.69) is 50.2 Å². The highest BCUT2D eigenvalue weighted by Gasteiger charge is 2.07. The highest BCUT2D eigenvalue weighted by Crippen LogP contribution is 2.32. The molecular formula is C14H17BrN4. The fraction of sp³-hybridized carbons (Fsp3) is 0.214. The molecule has 0 saturated carbocycles. The van der Waals surface area contributed by atoms with Gasteiger partial charge in [-0.3, -0.25) is 4.98 Å². The Hall–Kier alpha value is -1.75. The largest absolute Gasteiger partial charge is 0.396 e. The number of nitrogens with two attached hydrogens (primary N) is 1. The number of nitrogens with zero attached hydrogens (tertiary/aromatic N) is 2. The van der Waals surface area contributed by atoms with Crippen LogP contribution < -0.4 is 16.0 Å². The summed E-state index contributed by atoms with van der Waals surface area (Å²) in [6, 6.07) is 6.22. The molecule has 0 spiro atoms. The van der Waals surface area contributed by atoms with Crippen molar-refractivity contribution in [2.45, 2.75) is 6.92 Å². The molecular weight excluding hydrogens is 304 g/mol. The molecule has 1 aromatic heterocycles. The van der Waals surface area contributed by atoms with Crippen molar-refractivity contribution in [1.29, 1.82) is 0 Å². The molecule has 0 fully saturated rings. The zero-order valence-electron chi connectivity index (χ0n) is 11.2. The second-order valence-corrected chi connectivity index (χ2v) is 5.46. The molecule has 5 heteroatoms. The van der Waals surface area contributed by atoms with E-state index in [-0.39, 0.29) is 0 Å². The number of pyridine rings is 1. The van der Waals surface area contributed by atoms with Crippen molar-refractivity contribution in [2.24, 2.45) is 0 Å². The third-order valence-electron chi connectivity index (χ3n) is 2.89. The number of hydrogen-bond acceptors (Lipinski definition) is 4. The molecule has 0 unspecified atom stereocenters. The van der Waals surface area contributed by atoms with Crippen LogP contribution in [0.2, 0.25) is 0 Å². The summed E-state index contributed by atoms with van der Waals surface area (Å²) < 4.78 is 0.847. The van der Waals surface area contributed by atoms with Crippen LogP contribution in [0.5, 0.6) is 0 Å². The van der Waals surface area contributed by atoms with Crippen molar-refractivity contribution in [3.05, 3.63) is 40.6 Å². The van der Waals surface area contributed by atoms with Gasteiger partial charge in [-0.1, -0.05) is 6.07 Å².